The van der Waals surface area contributed by atoms with E-state index in [9.17, 15) is 4.79 Å². The van der Waals surface area contributed by atoms with Gasteiger partial charge in [0.25, 0.3) is 5.22 Å². The highest BCUT2D eigenvalue weighted by Crippen LogP contribution is 2.28. The summed E-state index contributed by atoms with van der Waals surface area (Å²) in [5.74, 6) is 0.306. The van der Waals surface area contributed by atoms with Crippen molar-refractivity contribution in [1.82, 2.24) is 15.2 Å². The largest absolute Gasteiger partial charge is 0.411 e. The molecule has 7 heteroatoms. The summed E-state index contributed by atoms with van der Waals surface area (Å²) in [5, 5.41) is 11.0. The normalized spacial score (nSPS) is 14.0. The number of nitrogens with zero attached hydrogens (tertiary/aromatic N) is 3. The SMILES string of the molecule is C[C@@H](Sc1nnc(-c2cccnc2)o1)C(=O)Nc1ccc2c(c1)CCC2. The first kappa shape index (κ1) is 16.8. The number of benzene rings is 1. The van der Waals surface area contributed by atoms with Crippen LogP contribution in [0.5, 0.6) is 0 Å². The Morgan fingerprint density at radius 1 is 1.23 bits per heavy atom. The smallest absolute Gasteiger partial charge is 0.277 e. The fraction of sp³-hybridized carbons (Fsp3) is 0.263. The van der Waals surface area contributed by atoms with Crippen LogP contribution in [0, 0.1) is 0 Å². The molecule has 2 aromatic heterocycles. The van der Waals surface area contributed by atoms with E-state index in [2.05, 4.69) is 32.6 Å². The van der Waals surface area contributed by atoms with Crippen LogP contribution in [0.1, 0.15) is 24.5 Å². The number of hydrogen-bond donors (Lipinski definition) is 1. The van der Waals surface area contributed by atoms with Crippen LogP contribution in [0.2, 0.25) is 0 Å². The minimum absolute atomic E-state index is 0.0888. The summed E-state index contributed by atoms with van der Waals surface area (Å²) in [6.07, 6.45) is 6.75. The lowest BCUT2D eigenvalue weighted by Gasteiger charge is -2.11. The van der Waals surface area contributed by atoms with E-state index in [1.165, 1.54) is 29.3 Å². The lowest BCUT2D eigenvalue weighted by Crippen LogP contribution is -2.22. The van der Waals surface area contributed by atoms with Crippen molar-refractivity contribution in [2.75, 3.05) is 5.32 Å². The first-order chi connectivity index (χ1) is 12.7. The average molecular weight is 366 g/mol. The molecule has 0 fully saturated rings. The Balaban J connectivity index is 1.39. The zero-order valence-electron chi connectivity index (χ0n) is 14.3. The number of pyridine rings is 1. The number of rotatable bonds is 5. The number of aryl methyl sites for hydroxylation is 2. The van der Waals surface area contributed by atoms with Crippen molar-refractivity contribution in [2.24, 2.45) is 0 Å². The molecule has 0 spiro atoms. The Hall–Kier alpha value is -2.67. The predicted molar refractivity (Wildman–Crippen MR) is 99.9 cm³/mol. The maximum atomic E-state index is 12.5. The number of thioether (sulfide) groups is 1. The summed E-state index contributed by atoms with van der Waals surface area (Å²) in [4.78, 5) is 16.5. The maximum Gasteiger partial charge on any atom is 0.277 e. The summed E-state index contributed by atoms with van der Waals surface area (Å²) in [7, 11) is 0. The first-order valence-electron chi connectivity index (χ1n) is 8.52. The zero-order valence-corrected chi connectivity index (χ0v) is 15.1. The molecule has 1 aromatic carbocycles. The lowest BCUT2D eigenvalue weighted by molar-refractivity contribution is -0.115. The van der Waals surface area contributed by atoms with E-state index in [-0.39, 0.29) is 11.2 Å². The number of carbonyl (C=O) groups is 1. The van der Waals surface area contributed by atoms with Gasteiger partial charge in [0.2, 0.25) is 11.8 Å². The third-order valence-electron chi connectivity index (χ3n) is 4.33. The minimum atomic E-state index is -0.356. The van der Waals surface area contributed by atoms with Gasteiger partial charge in [-0.05, 0) is 61.6 Å². The van der Waals surface area contributed by atoms with Crippen molar-refractivity contribution in [1.29, 1.82) is 0 Å². The molecular formula is C19H18N4O2S. The van der Waals surface area contributed by atoms with Crippen LogP contribution < -0.4 is 5.32 Å². The van der Waals surface area contributed by atoms with Crippen LogP contribution in [0.4, 0.5) is 5.69 Å². The number of anilines is 1. The third-order valence-corrected chi connectivity index (χ3v) is 5.26. The van der Waals surface area contributed by atoms with Gasteiger partial charge >= 0.3 is 0 Å². The van der Waals surface area contributed by atoms with Crippen LogP contribution in [0.3, 0.4) is 0 Å². The van der Waals surface area contributed by atoms with Crippen LogP contribution in [0.15, 0.2) is 52.4 Å². The molecule has 0 aliphatic heterocycles. The van der Waals surface area contributed by atoms with Gasteiger partial charge in [-0.25, -0.2) is 0 Å². The van der Waals surface area contributed by atoms with E-state index >= 15 is 0 Å². The molecule has 1 N–H and O–H groups in total. The molecule has 0 radical (unpaired) electrons. The van der Waals surface area contributed by atoms with Crippen molar-refractivity contribution in [3.05, 3.63) is 53.9 Å². The topological polar surface area (TPSA) is 80.9 Å². The van der Waals surface area contributed by atoms with Crippen molar-refractivity contribution in [2.45, 2.75) is 36.7 Å². The van der Waals surface area contributed by atoms with Gasteiger partial charge in [-0.2, -0.15) is 0 Å². The standard InChI is InChI=1S/C19H18N4O2S/c1-12(17(24)21-16-8-7-13-4-2-5-14(13)10-16)26-19-23-22-18(25-19)15-6-3-9-20-11-15/h3,6-12H,2,4-5H2,1H3,(H,21,24)/t12-/m1/s1. The van der Waals surface area contributed by atoms with Gasteiger partial charge in [-0.1, -0.05) is 17.8 Å². The van der Waals surface area contributed by atoms with Crippen molar-refractivity contribution in [3.8, 4) is 11.5 Å². The molecule has 0 saturated heterocycles. The first-order valence-corrected chi connectivity index (χ1v) is 9.40. The minimum Gasteiger partial charge on any atom is -0.411 e. The van der Waals surface area contributed by atoms with Crippen molar-refractivity contribution >= 4 is 23.4 Å². The highest BCUT2D eigenvalue weighted by Gasteiger charge is 2.20. The summed E-state index contributed by atoms with van der Waals surface area (Å²) in [5.41, 5.74) is 4.31. The Labute approximate surface area is 155 Å². The van der Waals surface area contributed by atoms with Crippen LogP contribution in [0.25, 0.3) is 11.5 Å². The van der Waals surface area contributed by atoms with E-state index in [1.807, 2.05) is 19.1 Å². The molecule has 1 atom stereocenters. The molecule has 0 saturated carbocycles. The van der Waals surface area contributed by atoms with Gasteiger partial charge in [-0.3, -0.25) is 9.78 Å². The monoisotopic (exact) mass is 366 g/mol. The molecule has 4 rings (SSSR count). The number of carbonyl (C=O) groups excluding carboxylic acids is 1. The van der Waals surface area contributed by atoms with Gasteiger partial charge in [0.15, 0.2) is 0 Å². The number of amides is 1. The molecule has 1 aliphatic rings. The van der Waals surface area contributed by atoms with E-state index in [0.717, 1.165) is 24.1 Å². The zero-order chi connectivity index (χ0) is 17.9. The highest BCUT2D eigenvalue weighted by molar-refractivity contribution is 8.00. The second kappa shape index (κ2) is 7.29. The molecule has 26 heavy (non-hydrogen) atoms. The molecule has 1 aliphatic carbocycles. The number of fused-ring (bicyclic) bond motifs is 1. The Morgan fingerprint density at radius 2 is 2.12 bits per heavy atom. The molecule has 6 nitrogen and oxygen atoms in total. The van der Waals surface area contributed by atoms with Gasteiger partial charge < -0.3 is 9.73 Å². The molecule has 0 bridgehead atoms. The Morgan fingerprint density at radius 3 is 2.96 bits per heavy atom. The summed E-state index contributed by atoms with van der Waals surface area (Å²) in [6, 6.07) is 9.80. The number of aromatic nitrogens is 3. The molecular weight excluding hydrogens is 348 g/mol. The average Bonchev–Trinajstić information content (AvgIpc) is 3.31. The van der Waals surface area contributed by atoms with Crippen molar-refractivity contribution in [3.63, 3.8) is 0 Å². The van der Waals surface area contributed by atoms with Gasteiger partial charge in [0.05, 0.1) is 10.8 Å². The lowest BCUT2D eigenvalue weighted by atomic mass is 10.1. The van der Waals surface area contributed by atoms with Crippen LogP contribution >= 0.6 is 11.8 Å². The van der Waals surface area contributed by atoms with Gasteiger partial charge in [0, 0.05) is 18.1 Å². The van der Waals surface area contributed by atoms with Gasteiger partial charge in [-0.15, -0.1) is 10.2 Å². The van der Waals surface area contributed by atoms with Crippen LogP contribution in [-0.4, -0.2) is 26.3 Å². The Kier molecular flexibility index (Phi) is 4.71. The van der Waals surface area contributed by atoms with E-state index in [0.29, 0.717) is 11.1 Å². The predicted octanol–water partition coefficient (Wildman–Crippen LogP) is 3.74. The second-order valence-electron chi connectivity index (χ2n) is 6.20. The number of hydrogen-bond acceptors (Lipinski definition) is 6. The van der Waals surface area contributed by atoms with E-state index in [1.54, 1.807) is 18.5 Å². The second-order valence-corrected chi connectivity index (χ2v) is 7.49. The van der Waals surface area contributed by atoms with E-state index in [4.69, 9.17) is 4.42 Å². The summed E-state index contributed by atoms with van der Waals surface area (Å²) in [6.45, 7) is 1.82. The van der Waals surface area contributed by atoms with Crippen LogP contribution in [-0.2, 0) is 17.6 Å². The highest BCUT2D eigenvalue weighted by atomic mass is 32.2. The third kappa shape index (κ3) is 3.62. The quantitative estimate of drug-likeness (QED) is 0.693. The molecule has 1 amide bonds. The Bertz CT molecular complexity index is 926. The van der Waals surface area contributed by atoms with Crippen molar-refractivity contribution < 1.29 is 9.21 Å². The molecule has 132 valence electrons. The molecule has 3 aromatic rings. The fourth-order valence-corrected chi connectivity index (χ4v) is 3.64. The molecule has 2 heterocycles. The number of nitrogens with one attached hydrogen (secondary N) is 1. The molecule has 0 unspecified atom stereocenters. The van der Waals surface area contributed by atoms with E-state index < -0.39 is 0 Å². The van der Waals surface area contributed by atoms with Gasteiger partial charge in [0.1, 0.15) is 0 Å². The maximum absolute atomic E-state index is 12.5. The fourth-order valence-electron chi connectivity index (χ4n) is 2.96. The summed E-state index contributed by atoms with van der Waals surface area (Å²) >= 11 is 1.24. The summed E-state index contributed by atoms with van der Waals surface area (Å²) < 4.78 is 5.62.